The molecule has 3 N–H and O–H groups in total. The molecule has 1 aromatic rings. The number of rotatable bonds is 3. The molecule has 4 nitrogen and oxygen atoms in total. The molecule has 1 unspecified atom stereocenters. The van der Waals surface area contributed by atoms with E-state index in [1.54, 1.807) is 6.07 Å². The Bertz CT molecular complexity index is 221. The molecule has 0 radical (unpaired) electrons. The number of furan rings is 1. The zero-order chi connectivity index (χ0) is 8.27. The summed E-state index contributed by atoms with van der Waals surface area (Å²) in [4.78, 5) is 0. The van der Waals surface area contributed by atoms with Crippen LogP contribution in [0.5, 0.6) is 5.75 Å². The quantitative estimate of drug-likeness (QED) is 0.661. The first kappa shape index (κ1) is 8.10. The van der Waals surface area contributed by atoms with Crippen LogP contribution in [0.4, 0.5) is 0 Å². The van der Waals surface area contributed by atoms with Crippen LogP contribution in [0.25, 0.3) is 0 Å². The van der Waals surface area contributed by atoms with Gasteiger partial charge in [0.05, 0.1) is 26.0 Å². The highest BCUT2D eigenvalue weighted by atomic mass is 16.5. The van der Waals surface area contributed by atoms with Crippen LogP contribution in [0, 0.1) is 0 Å². The predicted molar refractivity (Wildman–Crippen MR) is 39.3 cm³/mol. The predicted octanol–water partition coefficient (Wildman–Crippen LogP) is 0.280. The molecule has 0 bridgehead atoms. The topological polar surface area (TPSA) is 68.6 Å². The largest absolute Gasteiger partial charge is 0.493 e. The zero-order valence-corrected chi connectivity index (χ0v) is 6.28. The summed E-state index contributed by atoms with van der Waals surface area (Å²) in [5, 5.41) is 8.69. The molecule has 0 aliphatic carbocycles. The van der Waals surface area contributed by atoms with Crippen molar-refractivity contribution in [2.45, 2.75) is 6.04 Å². The third kappa shape index (κ3) is 1.53. The number of hydrogen-bond acceptors (Lipinski definition) is 4. The van der Waals surface area contributed by atoms with Crippen molar-refractivity contribution < 1.29 is 14.3 Å². The molecule has 0 amide bonds. The van der Waals surface area contributed by atoms with Gasteiger partial charge >= 0.3 is 0 Å². The van der Waals surface area contributed by atoms with Gasteiger partial charge in [0.25, 0.3) is 0 Å². The minimum Gasteiger partial charge on any atom is -0.493 e. The first-order valence-electron chi connectivity index (χ1n) is 3.27. The van der Waals surface area contributed by atoms with Crippen molar-refractivity contribution in [1.82, 2.24) is 0 Å². The lowest BCUT2D eigenvalue weighted by molar-refractivity contribution is 0.246. The summed E-state index contributed by atoms with van der Waals surface area (Å²) >= 11 is 0. The normalized spacial score (nSPS) is 13.0. The summed E-state index contributed by atoms with van der Waals surface area (Å²) < 4.78 is 9.92. The minimum absolute atomic E-state index is 0.149. The van der Waals surface area contributed by atoms with E-state index in [-0.39, 0.29) is 6.61 Å². The van der Waals surface area contributed by atoms with Gasteiger partial charge in [-0.15, -0.1) is 0 Å². The van der Waals surface area contributed by atoms with E-state index in [9.17, 15) is 0 Å². The number of ether oxygens (including phenoxy) is 1. The van der Waals surface area contributed by atoms with Crippen molar-refractivity contribution in [3.8, 4) is 5.75 Å². The fraction of sp³-hybridized carbons (Fsp3) is 0.429. The summed E-state index contributed by atoms with van der Waals surface area (Å²) in [5.74, 6) is 1.06. The molecular formula is C7H11NO3. The molecule has 0 aromatic carbocycles. The van der Waals surface area contributed by atoms with Gasteiger partial charge in [0, 0.05) is 6.07 Å². The second-order valence-corrected chi connectivity index (χ2v) is 2.14. The molecule has 0 spiro atoms. The Kier molecular flexibility index (Phi) is 2.51. The maximum Gasteiger partial charge on any atom is 0.164 e. The molecule has 0 saturated heterocycles. The second kappa shape index (κ2) is 3.41. The SMILES string of the molecule is COc1ccoc1C(N)CO. The van der Waals surface area contributed by atoms with Crippen LogP contribution in [0.1, 0.15) is 11.8 Å². The molecule has 0 aliphatic rings. The van der Waals surface area contributed by atoms with Crippen LogP contribution < -0.4 is 10.5 Å². The van der Waals surface area contributed by atoms with Crippen molar-refractivity contribution in [3.05, 3.63) is 18.1 Å². The average Bonchev–Trinajstić information content (AvgIpc) is 2.50. The molecule has 0 saturated carbocycles. The summed E-state index contributed by atoms with van der Waals surface area (Å²) in [6.45, 7) is -0.149. The van der Waals surface area contributed by atoms with E-state index in [2.05, 4.69) is 0 Å². The lowest BCUT2D eigenvalue weighted by Crippen LogP contribution is -2.14. The molecule has 62 valence electrons. The van der Waals surface area contributed by atoms with E-state index in [1.165, 1.54) is 13.4 Å². The monoisotopic (exact) mass is 157 g/mol. The van der Waals surface area contributed by atoms with Crippen molar-refractivity contribution in [1.29, 1.82) is 0 Å². The summed E-state index contributed by atoms with van der Waals surface area (Å²) in [6.07, 6.45) is 1.48. The Balaban J connectivity index is 2.83. The molecule has 1 rings (SSSR count). The standard InChI is InChI=1S/C7H11NO3/c1-10-6-2-3-11-7(6)5(8)4-9/h2-3,5,9H,4,8H2,1H3. The van der Waals surface area contributed by atoms with Gasteiger partial charge in [0.2, 0.25) is 0 Å². The maximum absolute atomic E-state index is 8.69. The van der Waals surface area contributed by atoms with Gasteiger partial charge in [-0.3, -0.25) is 0 Å². The third-order valence-corrected chi connectivity index (χ3v) is 1.41. The average molecular weight is 157 g/mol. The molecule has 11 heavy (non-hydrogen) atoms. The maximum atomic E-state index is 8.69. The van der Waals surface area contributed by atoms with E-state index < -0.39 is 6.04 Å². The molecular weight excluding hydrogens is 146 g/mol. The first-order chi connectivity index (χ1) is 5.29. The molecule has 0 fully saturated rings. The van der Waals surface area contributed by atoms with Gasteiger partial charge < -0.3 is 20.0 Å². The lowest BCUT2D eigenvalue weighted by Gasteiger charge is -2.05. The molecule has 0 aliphatic heterocycles. The van der Waals surface area contributed by atoms with Crippen molar-refractivity contribution in [3.63, 3.8) is 0 Å². The van der Waals surface area contributed by atoms with Crippen LogP contribution in [-0.2, 0) is 0 Å². The van der Waals surface area contributed by atoms with Gasteiger partial charge in [-0.25, -0.2) is 0 Å². The van der Waals surface area contributed by atoms with Crippen LogP contribution >= 0.6 is 0 Å². The fourth-order valence-electron chi connectivity index (χ4n) is 0.831. The number of aliphatic hydroxyl groups excluding tert-OH is 1. The van der Waals surface area contributed by atoms with Gasteiger partial charge in [-0.2, -0.15) is 0 Å². The highest BCUT2D eigenvalue weighted by molar-refractivity contribution is 5.26. The summed E-state index contributed by atoms with van der Waals surface area (Å²) in [5.41, 5.74) is 5.49. The smallest absolute Gasteiger partial charge is 0.164 e. The Labute approximate surface area is 64.6 Å². The number of aliphatic hydroxyl groups is 1. The van der Waals surface area contributed by atoms with Crippen molar-refractivity contribution in [2.24, 2.45) is 5.73 Å². The zero-order valence-electron chi connectivity index (χ0n) is 6.28. The van der Waals surface area contributed by atoms with Crippen molar-refractivity contribution >= 4 is 0 Å². The first-order valence-corrected chi connectivity index (χ1v) is 3.27. The number of methoxy groups -OCH3 is 1. The van der Waals surface area contributed by atoms with E-state index in [4.69, 9.17) is 20.0 Å². The fourth-order valence-corrected chi connectivity index (χ4v) is 0.831. The van der Waals surface area contributed by atoms with Gasteiger partial charge in [-0.05, 0) is 0 Å². The third-order valence-electron chi connectivity index (χ3n) is 1.41. The Morgan fingerprint density at radius 2 is 2.55 bits per heavy atom. The van der Waals surface area contributed by atoms with Crippen LogP contribution in [0.15, 0.2) is 16.7 Å². The van der Waals surface area contributed by atoms with E-state index in [0.717, 1.165) is 0 Å². The van der Waals surface area contributed by atoms with Gasteiger partial charge in [0.1, 0.15) is 0 Å². The van der Waals surface area contributed by atoms with Gasteiger partial charge in [0.15, 0.2) is 11.5 Å². The minimum atomic E-state index is -0.500. The van der Waals surface area contributed by atoms with Crippen molar-refractivity contribution in [2.75, 3.05) is 13.7 Å². The summed E-state index contributed by atoms with van der Waals surface area (Å²) in [7, 11) is 1.53. The highest BCUT2D eigenvalue weighted by Gasteiger charge is 2.13. The van der Waals surface area contributed by atoms with E-state index in [1.807, 2.05) is 0 Å². The number of nitrogens with two attached hydrogens (primary N) is 1. The van der Waals surface area contributed by atoms with Crippen LogP contribution in [0.2, 0.25) is 0 Å². The second-order valence-electron chi connectivity index (χ2n) is 2.14. The molecule has 1 aromatic heterocycles. The van der Waals surface area contributed by atoms with E-state index >= 15 is 0 Å². The molecule has 1 atom stereocenters. The van der Waals surface area contributed by atoms with Crippen LogP contribution in [-0.4, -0.2) is 18.8 Å². The lowest BCUT2D eigenvalue weighted by atomic mass is 10.2. The van der Waals surface area contributed by atoms with Gasteiger partial charge in [-0.1, -0.05) is 0 Å². The Morgan fingerprint density at radius 3 is 3.09 bits per heavy atom. The summed E-state index contributed by atoms with van der Waals surface area (Å²) in [6, 6.07) is 1.16. The molecule has 1 heterocycles. The number of hydrogen-bond donors (Lipinski definition) is 2. The van der Waals surface area contributed by atoms with Crippen LogP contribution in [0.3, 0.4) is 0 Å². The molecule has 4 heteroatoms. The van der Waals surface area contributed by atoms with E-state index in [0.29, 0.717) is 11.5 Å². The highest BCUT2D eigenvalue weighted by Crippen LogP contribution is 2.23. The Morgan fingerprint density at radius 1 is 1.82 bits per heavy atom. The Hall–Kier alpha value is -1.00.